The van der Waals surface area contributed by atoms with Gasteiger partial charge in [0, 0.05) is 0 Å². The Morgan fingerprint density at radius 3 is 2.60 bits per heavy atom. The summed E-state index contributed by atoms with van der Waals surface area (Å²) in [5, 5.41) is 0. The summed E-state index contributed by atoms with van der Waals surface area (Å²) >= 11 is 4.37. The average molecular weight is 218 g/mol. The Bertz CT molecular complexity index is 336. The summed E-state index contributed by atoms with van der Waals surface area (Å²) in [7, 11) is 0. The van der Waals surface area contributed by atoms with Crippen LogP contribution in [-0.2, 0) is 0 Å². The Morgan fingerprint density at radius 1 is 1.33 bits per heavy atom. The highest BCUT2D eigenvalue weighted by Gasteiger charge is 1.98. The zero-order chi connectivity index (χ0) is 11.1. The van der Waals surface area contributed by atoms with Crippen molar-refractivity contribution in [3.05, 3.63) is 59.0 Å². The Labute approximate surface area is 98.1 Å². The van der Waals surface area contributed by atoms with E-state index < -0.39 is 0 Å². The maximum Gasteiger partial charge on any atom is -0.000306 e. The number of benzene rings is 1. The smallest absolute Gasteiger partial charge is 0.000306 e. The van der Waals surface area contributed by atoms with E-state index >= 15 is 0 Å². The highest BCUT2D eigenvalue weighted by Crippen LogP contribution is 2.17. The van der Waals surface area contributed by atoms with Crippen LogP contribution < -0.4 is 0 Å². The number of thiol groups is 1. The summed E-state index contributed by atoms with van der Waals surface area (Å²) in [5.74, 6) is 0.443. The van der Waals surface area contributed by atoms with Gasteiger partial charge in [0.25, 0.3) is 0 Å². The first-order chi connectivity index (χ1) is 7.24. The summed E-state index contributed by atoms with van der Waals surface area (Å²) in [6.07, 6.45) is 7.40. The van der Waals surface area contributed by atoms with E-state index in [9.17, 15) is 0 Å². The van der Waals surface area contributed by atoms with Crippen molar-refractivity contribution in [2.45, 2.75) is 26.2 Å². The summed E-state index contributed by atoms with van der Waals surface area (Å²) < 4.78 is 0. The van der Waals surface area contributed by atoms with E-state index in [1.165, 1.54) is 5.56 Å². The zero-order valence-electron chi connectivity index (χ0n) is 9.35. The van der Waals surface area contributed by atoms with Crippen molar-refractivity contribution < 1.29 is 0 Å². The molecule has 0 saturated carbocycles. The lowest BCUT2D eigenvalue weighted by Crippen LogP contribution is -1.87. The lowest BCUT2D eigenvalue weighted by molar-refractivity contribution is 0.967. The quantitative estimate of drug-likeness (QED) is 0.555. The molecule has 0 heterocycles. The first-order valence-electron chi connectivity index (χ1n) is 5.36. The molecule has 1 heteroatoms. The average Bonchev–Trinajstić information content (AvgIpc) is 2.27. The number of hydrogen-bond acceptors (Lipinski definition) is 1. The van der Waals surface area contributed by atoms with Crippen LogP contribution in [0.3, 0.4) is 0 Å². The second-order valence-corrected chi connectivity index (χ2v) is 4.11. The summed E-state index contributed by atoms with van der Waals surface area (Å²) in [4.78, 5) is 1.04. The minimum absolute atomic E-state index is 0.443. The zero-order valence-corrected chi connectivity index (χ0v) is 10.2. The van der Waals surface area contributed by atoms with Gasteiger partial charge >= 0.3 is 0 Å². The molecule has 0 radical (unpaired) electrons. The number of hydrogen-bond donors (Lipinski definition) is 1. The molecule has 0 amide bonds. The summed E-state index contributed by atoms with van der Waals surface area (Å²) in [6, 6.07) is 10.5. The van der Waals surface area contributed by atoms with Crippen molar-refractivity contribution in [1.29, 1.82) is 0 Å². The third-order valence-corrected chi connectivity index (χ3v) is 2.63. The van der Waals surface area contributed by atoms with Crippen LogP contribution in [0.4, 0.5) is 0 Å². The molecule has 15 heavy (non-hydrogen) atoms. The largest absolute Gasteiger partial charge is 0.144 e. The molecule has 0 aromatic heterocycles. The molecule has 80 valence electrons. The van der Waals surface area contributed by atoms with Gasteiger partial charge in [-0.2, -0.15) is 0 Å². The molecule has 1 unspecified atom stereocenters. The monoisotopic (exact) mass is 218 g/mol. The van der Waals surface area contributed by atoms with Gasteiger partial charge in [0.2, 0.25) is 0 Å². The molecule has 0 aliphatic rings. The van der Waals surface area contributed by atoms with Crippen LogP contribution in [-0.4, -0.2) is 0 Å². The molecule has 1 aromatic rings. The number of rotatable bonds is 4. The minimum Gasteiger partial charge on any atom is -0.144 e. The molecule has 0 saturated heterocycles. The molecule has 0 bridgehead atoms. The van der Waals surface area contributed by atoms with Crippen LogP contribution in [0, 0.1) is 0 Å². The van der Waals surface area contributed by atoms with Crippen molar-refractivity contribution >= 4 is 12.6 Å². The van der Waals surface area contributed by atoms with Crippen molar-refractivity contribution in [3.63, 3.8) is 0 Å². The van der Waals surface area contributed by atoms with E-state index in [1.54, 1.807) is 0 Å². The van der Waals surface area contributed by atoms with Crippen LogP contribution >= 0.6 is 12.6 Å². The molecular weight excluding hydrogens is 200 g/mol. The van der Waals surface area contributed by atoms with Gasteiger partial charge in [-0.25, -0.2) is 0 Å². The molecule has 0 nitrogen and oxygen atoms in total. The van der Waals surface area contributed by atoms with Crippen LogP contribution in [0.1, 0.15) is 31.7 Å². The van der Waals surface area contributed by atoms with Gasteiger partial charge in [-0.3, -0.25) is 0 Å². The van der Waals surface area contributed by atoms with Crippen molar-refractivity contribution in [3.8, 4) is 0 Å². The Morgan fingerprint density at radius 2 is 2.00 bits per heavy atom. The van der Waals surface area contributed by atoms with Crippen LogP contribution in [0.15, 0.2) is 53.5 Å². The van der Waals surface area contributed by atoms with E-state index in [1.807, 2.05) is 6.07 Å². The fourth-order valence-electron chi connectivity index (χ4n) is 1.39. The Hall–Kier alpha value is -0.950. The molecular formula is C14H18S. The molecule has 1 rings (SSSR count). The van der Waals surface area contributed by atoms with Gasteiger partial charge in [0.05, 0.1) is 0 Å². The SMILES string of the molecule is CC/C=C(S)\C=C/C(C)c1ccccc1. The second-order valence-electron chi connectivity index (χ2n) is 3.60. The van der Waals surface area contributed by atoms with Gasteiger partial charge in [0.15, 0.2) is 0 Å². The van der Waals surface area contributed by atoms with E-state index in [0.717, 1.165) is 11.3 Å². The molecule has 0 aliphatic carbocycles. The normalized spacial score (nSPS) is 14.5. The maximum absolute atomic E-state index is 4.37. The van der Waals surface area contributed by atoms with E-state index in [0.29, 0.717) is 5.92 Å². The third-order valence-electron chi connectivity index (χ3n) is 2.29. The third kappa shape index (κ3) is 4.39. The topological polar surface area (TPSA) is 0 Å². The fraction of sp³-hybridized carbons (Fsp3) is 0.286. The summed E-state index contributed by atoms with van der Waals surface area (Å²) in [6.45, 7) is 4.31. The molecule has 1 aromatic carbocycles. The van der Waals surface area contributed by atoms with E-state index in [2.05, 4.69) is 69.0 Å². The number of allylic oxidation sites excluding steroid dienone is 3. The molecule has 0 fully saturated rings. The van der Waals surface area contributed by atoms with Gasteiger partial charge in [0.1, 0.15) is 0 Å². The second kappa shape index (κ2) is 6.52. The first-order valence-corrected chi connectivity index (χ1v) is 5.81. The van der Waals surface area contributed by atoms with Gasteiger partial charge < -0.3 is 0 Å². The molecule has 0 N–H and O–H groups in total. The lowest BCUT2D eigenvalue weighted by atomic mass is 10.0. The highest BCUT2D eigenvalue weighted by molar-refractivity contribution is 7.84. The van der Waals surface area contributed by atoms with Gasteiger partial charge in [-0.05, 0) is 22.8 Å². The molecule has 1 atom stereocenters. The molecule has 0 spiro atoms. The lowest BCUT2D eigenvalue weighted by Gasteiger charge is -2.05. The molecule has 0 aliphatic heterocycles. The van der Waals surface area contributed by atoms with Gasteiger partial charge in [-0.15, -0.1) is 12.6 Å². The summed E-state index contributed by atoms with van der Waals surface area (Å²) in [5.41, 5.74) is 1.34. The predicted molar refractivity (Wildman–Crippen MR) is 71.4 cm³/mol. The van der Waals surface area contributed by atoms with Crippen molar-refractivity contribution in [1.82, 2.24) is 0 Å². The van der Waals surface area contributed by atoms with Crippen LogP contribution in [0.25, 0.3) is 0 Å². The Balaban J connectivity index is 2.64. The van der Waals surface area contributed by atoms with Crippen LogP contribution in [0.2, 0.25) is 0 Å². The van der Waals surface area contributed by atoms with Gasteiger partial charge in [-0.1, -0.05) is 62.4 Å². The van der Waals surface area contributed by atoms with Crippen molar-refractivity contribution in [2.24, 2.45) is 0 Å². The Kier molecular flexibility index (Phi) is 5.27. The maximum atomic E-state index is 4.37. The van der Waals surface area contributed by atoms with E-state index in [4.69, 9.17) is 0 Å². The highest BCUT2D eigenvalue weighted by atomic mass is 32.1. The van der Waals surface area contributed by atoms with Crippen molar-refractivity contribution in [2.75, 3.05) is 0 Å². The minimum atomic E-state index is 0.443. The van der Waals surface area contributed by atoms with Crippen LogP contribution in [0.5, 0.6) is 0 Å². The van der Waals surface area contributed by atoms with E-state index in [-0.39, 0.29) is 0 Å². The fourth-order valence-corrected chi connectivity index (χ4v) is 1.66. The first kappa shape index (κ1) is 12.1. The predicted octanol–water partition coefficient (Wildman–Crippen LogP) is 4.57. The standard InChI is InChI=1S/C14H18S/c1-3-7-14(15)11-10-12(2)13-8-5-4-6-9-13/h4-12,15H,3H2,1-2H3/b11-10-,14-7+.